The molecule has 5 fully saturated rings. The van der Waals surface area contributed by atoms with Crippen LogP contribution in [0.3, 0.4) is 0 Å². The summed E-state index contributed by atoms with van der Waals surface area (Å²) in [7, 11) is 0. The molecule has 0 bridgehead atoms. The lowest BCUT2D eigenvalue weighted by atomic mass is 9.42. The second-order valence-electron chi connectivity index (χ2n) is 15.5. The standard InChI is InChI=1S/C32H52O/c1-21(2)27(4,5)15-12-22(3)23-13-16-30(9)25-11-10-24-28(6,7)26(33)14-17-31(24)20-32(25,31)19-18-29(23,30)8/h22-25H,1,10-20H2,2-9H3/t22-,23-,24-,25+,29-,30+,31+,32-/m1/s1. The van der Waals surface area contributed by atoms with Gasteiger partial charge in [-0.2, -0.15) is 0 Å². The number of carbonyl (C=O) groups is 1. The van der Waals surface area contributed by atoms with E-state index in [0.717, 1.165) is 24.2 Å². The maximum atomic E-state index is 12.9. The lowest BCUT2D eigenvalue weighted by Crippen LogP contribution is -2.57. The topological polar surface area (TPSA) is 17.1 Å². The van der Waals surface area contributed by atoms with Crippen LogP contribution in [0.25, 0.3) is 0 Å². The SMILES string of the molecule is C=C(C)C(C)(C)CC[C@@H](C)[C@H]1CC[C@@]2(C)[C@@H]3CC[C@@H]4C(C)(C)C(=O)CC[C@]45C[C@]35CC[C@]12C. The number of Topliss-reactive ketones (excluding diaryl/α,β-unsaturated/α-hetero) is 1. The zero-order chi connectivity index (χ0) is 24.2. The molecule has 0 aromatic carbocycles. The zero-order valence-corrected chi connectivity index (χ0v) is 23.2. The van der Waals surface area contributed by atoms with Gasteiger partial charge in [-0.3, -0.25) is 4.79 Å². The summed E-state index contributed by atoms with van der Waals surface area (Å²) in [5.74, 6) is 3.78. The number of hydrogen-bond donors (Lipinski definition) is 0. The van der Waals surface area contributed by atoms with Crippen molar-refractivity contribution in [2.24, 2.45) is 56.2 Å². The van der Waals surface area contributed by atoms with Gasteiger partial charge in [0.1, 0.15) is 5.78 Å². The quantitative estimate of drug-likeness (QED) is 0.380. The molecule has 0 aromatic heterocycles. The fourth-order valence-corrected chi connectivity index (χ4v) is 11.1. The summed E-state index contributed by atoms with van der Waals surface area (Å²) in [5.41, 5.74) is 3.58. The van der Waals surface area contributed by atoms with Crippen LogP contribution in [-0.4, -0.2) is 5.78 Å². The normalized spacial score (nSPS) is 48.8. The Morgan fingerprint density at radius 3 is 2.27 bits per heavy atom. The molecular weight excluding hydrogens is 400 g/mol. The lowest BCUT2D eigenvalue weighted by Gasteiger charge is -2.62. The van der Waals surface area contributed by atoms with Gasteiger partial charge in [0.15, 0.2) is 0 Å². The van der Waals surface area contributed by atoms with Crippen LogP contribution in [0.15, 0.2) is 12.2 Å². The highest BCUT2D eigenvalue weighted by atomic mass is 16.1. The van der Waals surface area contributed by atoms with Crippen LogP contribution in [0.2, 0.25) is 0 Å². The number of fused-ring (bicyclic) bond motifs is 2. The van der Waals surface area contributed by atoms with Gasteiger partial charge in [-0.25, -0.2) is 0 Å². The molecule has 5 rings (SSSR count). The first-order valence-electron chi connectivity index (χ1n) is 14.4. The van der Waals surface area contributed by atoms with E-state index in [0.29, 0.717) is 33.4 Å². The van der Waals surface area contributed by atoms with Gasteiger partial charge in [0.25, 0.3) is 0 Å². The molecule has 0 amide bonds. The smallest absolute Gasteiger partial charge is 0.138 e. The van der Waals surface area contributed by atoms with E-state index >= 15 is 0 Å². The van der Waals surface area contributed by atoms with Crippen molar-refractivity contribution in [2.75, 3.05) is 0 Å². The van der Waals surface area contributed by atoms with Crippen LogP contribution < -0.4 is 0 Å². The summed E-state index contributed by atoms with van der Waals surface area (Å²) < 4.78 is 0. The molecule has 5 saturated carbocycles. The molecule has 0 radical (unpaired) electrons. The molecule has 2 spiro atoms. The van der Waals surface area contributed by atoms with E-state index in [-0.39, 0.29) is 10.8 Å². The Bertz CT molecular complexity index is 864. The molecule has 0 aromatic rings. The average Bonchev–Trinajstić information content (AvgIpc) is 3.32. The van der Waals surface area contributed by atoms with Crippen molar-refractivity contribution in [2.45, 2.75) is 126 Å². The van der Waals surface area contributed by atoms with E-state index in [9.17, 15) is 4.79 Å². The molecule has 1 nitrogen and oxygen atoms in total. The third-order valence-electron chi connectivity index (χ3n) is 14.0. The first kappa shape index (κ1) is 24.1. The number of allylic oxidation sites excluding steroid dienone is 1. The monoisotopic (exact) mass is 452 g/mol. The van der Waals surface area contributed by atoms with E-state index in [4.69, 9.17) is 0 Å². The summed E-state index contributed by atoms with van der Waals surface area (Å²) in [6.45, 7) is 23.9. The minimum absolute atomic E-state index is 0.0861. The van der Waals surface area contributed by atoms with E-state index in [1.165, 1.54) is 69.8 Å². The van der Waals surface area contributed by atoms with Gasteiger partial charge in [-0.05, 0) is 122 Å². The highest BCUT2D eigenvalue weighted by Gasteiger charge is 2.82. The van der Waals surface area contributed by atoms with Gasteiger partial charge >= 0.3 is 0 Å². The second-order valence-corrected chi connectivity index (χ2v) is 15.5. The van der Waals surface area contributed by atoms with E-state index in [1.807, 2.05) is 0 Å². The summed E-state index contributed by atoms with van der Waals surface area (Å²) in [5, 5.41) is 0. The van der Waals surface area contributed by atoms with Crippen molar-refractivity contribution in [1.29, 1.82) is 0 Å². The maximum Gasteiger partial charge on any atom is 0.138 e. The van der Waals surface area contributed by atoms with Gasteiger partial charge in [0.2, 0.25) is 0 Å². The van der Waals surface area contributed by atoms with Crippen LogP contribution in [0.5, 0.6) is 0 Å². The molecule has 186 valence electrons. The molecule has 0 N–H and O–H groups in total. The number of carbonyl (C=O) groups excluding carboxylic acids is 1. The summed E-state index contributed by atoms with van der Waals surface area (Å²) in [4.78, 5) is 12.9. The van der Waals surface area contributed by atoms with Crippen molar-refractivity contribution in [3.05, 3.63) is 12.2 Å². The van der Waals surface area contributed by atoms with E-state index < -0.39 is 0 Å². The molecule has 33 heavy (non-hydrogen) atoms. The van der Waals surface area contributed by atoms with Gasteiger partial charge in [0, 0.05) is 11.8 Å². The predicted molar refractivity (Wildman–Crippen MR) is 139 cm³/mol. The van der Waals surface area contributed by atoms with Gasteiger partial charge in [0.05, 0.1) is 0 Å². The molecule has 0 unspecified atom stereocenters. The number of rotatable bonds is 5. The van der Waals surface area contributed by atoms with Crippen molar-refractivity contribution in [3.63, 3.8) is 0 Å². The Balaban J connectivity index is 1.39. The molecule has 0 aliphatic heterocycles. The van der Waals surface area contributed by atoms with Crippen molar-refractivity contribution >= 4 is 5.78 Å². The summed E-state index contributed by atoms with van der Waals surface area (Å²) in [6.07, 6.45) is 14.6. The first-order valence-corrected chi connectivity index (χ1v) is 14.4. The van der Waals surface area contributed by atoms with Crippen LogP contribution in [0, 0.1) is 56.2 Å². The molecule has 5 aliphatic carbocycles. The third kappa shape index (κ3) is 2.86. The van der Waals surface area contributed by atoms with Gasteiger partial charge in [-0.15, -0.1) is 0 Å². The van der Waals surface area contributed by atoms with Crippen LogP contribution >= 0.6 is 0 Å². The Kier molecular flexibility index (Phi) is 5.12. The first-order chi connectivity index (χ1) is 15.2. The summed E-state index contributed by atoms with van der Waals surface area (Å²) in [6, 6.07) is 0. The zero-order valence-electron chi connectivity index (χ0n) is 23.2. The van der Waals surface area contributed by atoms with Crippen LogP contribution in [0.4, 0.5) is 0 Å². The van der Waals surface area contributed by atoms with E-state index in [2.05, 4.69) is 62.0 Å². The Morgan fingerprint density at radius 1 is 0.970 bits per heavy atom. The number of hydrogen-bond acceptors (Lipinski definition) is 1. The summed E-state index contributed by atoms with van der Waals surface area (Å²) >= 11 is 0. The van der Waals surface area contributed by atoms with Crippen molar-refractivity contribution in [1.82, 2.24) is 0 Å². The Labute approximate surface area is 204 Å². The molecular formula is C32H52O. The average molecular weight is 453 g/mol. The minimum atomic E-state index is -0.0861. The van der Waals surface area contributed by atoms with Gasteiger partial charge in [-0.1, -0.05) is 60.6 Å². The lowest BCUT2D eigenvalue weighted by molar-refractivity contribution is -0.157. The Hall–Kier alpha value is -0.590. The minimum Gasteiger partial charge on any atom is -0.299 e. The van der Waals surface area contributed by atoms with Gasteiger partial charge < -0.3 is 0 Å². The van der Waals surface area contributed by atoms with Crippen molar-refractivity contribution in [3.8, 4) is 0 Å². The van der Waals surface area contributed by atoms with Crippen molar-refractivity contribution < 1.29 is 4.79 Å². The largest absolute Gasteiger partial charge is 0.299 e. The van der Waals surface area contributed by atoms with Crippen LogP contribution in [0.1, 0.15) is 126 Å². The highest BCUT2D eigenvalue weighted by molar-refractivity contribution is 5.86. The number of ketones is 1. The fraction of sp³-hybridized carbons (Fsp3) is 0.906. The fourth-order valence-electron chi connectivity index (χ4n) is 11.1. The molecule has 1 heteroatoms. The maximum absolute atomic E-state index is 12.9. The predicted octanol–water partition coefficient (Wildman–Crippen LogP) is 9.01. The molecule has 0 saturated heterocycles. The molecule has 8 atom stereocenters. The second kappa shape index (κ2) is 7.00. The van der Waals surface area contributed by atoms with E-state index in [1.54, 1.807) is 0 Å². The Morgan fingerprint density at radius 2 is 1.61 bits per heavy atom. The van der Waals surface area contributed by atoms with Crippen LogP contribution in [-0.2, 0) is 4.79 Å². The third-order valence-corrected chi connectivity index (χ3v) is 14.0. The molecule has 5 aliphatic rings. The molecule has 0 heterocycles. The highest BCUT2D eigenvalue weighted by Crippen LogP contribution is 2.88.